The van der Waals surface area contributed by atoms with Gasteiger partial charge in [-0.1, -0.05) is 19.9 Å². The van der Waals surface area contributed by atoms with Crippen LogP contribution in [-0.2, 0) is 14.3 Å². The number of amides is 1. The molecule has 0 spiro atoms. The first-order chi connectivity index (χ1) is 13.6. The summed E-state index contributed by atoms with van der Waals surface area (Å²) in [6.07, 6.45) is 5.20. The molecular weight excluding hydrogens is 358 g/mol. The van der Waals surface area contributed by atoms with Crippen LogP contribution in [0.2, 0.25) is 0 Å². The van der Waals surface area contributed by atoms with Crippen molar-refractivity contribution in [3.05, 3.63) is 29.8 Å². The molecule has 2 saturated heterocycles. The van der Waals surface area contributed by atoms with E-state index in [4.69, 9.17) is 18.9 Å². The fourth-order valence-electron chi connectivity index (χ4n) is 3.48. The maximum Gasteiger partial charge on any atom is 0.246 e. The van der Waals surface area contributed by atoms with Gasteiger partial charge in [0, 0.05) is 25.1 Å². The molecule has 0 aliphatic carbocycles. The molecule has 0 atom stereocenters. The summed E-state index contributed by atoms with van der Waals surface area (Å²) in [5.74, 6) is 2.26. The van der Waals surface area contributed by atoms with Gasteiger partial charge in [0.05, 0.1) is 26.9 Å². The van der Waals surface area contributed by atoms with Crippen LogP contribution < -0.4 is 9.47 Å². The molecule has 2 heterocycles. The van der Waals surface area contributed by atoms with Crippen molar-refractivity contribution >= 4 is 12.0 Å². The molecule has 0 radical (unpaired) electrons. The molecule has 6 heteroatoms. The van der Waals surface area contributed by atoms with Crippen LogP contribution >= 0.6 is 0 Å². The number of methoxy groups -OCH3 is 1. The lowest BCUT2D eigenvalue weighted by Crippen LogP contribution is -2.40. The molecule has 2 aliphatic heterocycles. The topological polar surface area (TPSA) is 57.2 Å². The molecule has 6 nitrogen and oxygen atoms in total. The highest BCUT2D eigenvalue weighted by molar-refractivity contribution is 5.91. The molecule has 2 aliphatic rings. The minimum absolute atomic E-state index is 0.0332. The predicted octanol–water partition coefficient (Wildman–Crippen LogP) is 3.35. The smallest absolute Gasteiger partial charge is 0.246 e. The zero-order valence-corrected chi connectivity index (χ0v) is 17.1. The zero-order chi connectivity index (χ0) is 19.9. The van der Waals surface area contributed by atoms with Gasteiger partial charge in [0.2, 0.25) is 5.91 Å². The lowest BCUT2D eigenvalue weighted by atomic mass is 9.96. The first-order valence-electron chi connectivity index (χ1n) is 10.1. The Morgan fingerprint density at radius 3 is 2.57 bits per heavy atom. The van der Waals surface area contributed by atoms with Gasteiger partial charge >= 0.3 is 0 Å². The van der Waals surface area contributed by atoms with Gasteiger partial charge in [-0.2, -0.15) is 0 Å². The average molecular weight is 389 g/mol. The molecule has 0 aromatic heterocycles. The van der Waals surface area contributed by atoms with E-state index >= 15 is 0 Å². The van der Waals surface area contributed by atoms with Gasteiger partial charge in [0.25, 0.3) is 0 Å². The van der Waals surface area contributed by atoms with Crippen molar-refractivity contribution in [1.29, 1.82) is 0 Å². The second kappa shape index (κ2) is 9.94. The van der Waals surface area contributed by atoms with Crippen molar-refractivity contribution in [3.63, 3.8) is 0 Å². The Bertz CT molecular complexity index is 674. The van der Waals surface area contributed by atoms with Crippen LogP contribution in [0.3, 0.4) is 0 Å². The Balaban J connectivity index is 1.53. The molecule has 1 amide bonds. The van der Waals surface area contributed by atoms with Crippen LogP contribution in [0.15, 0.2) is 24.3 Å². The van der Waals surface area contributed by atoms with E-state index in [9.17, 15) is 4.79 Å². The third kappa shape index (κ3) is 5.49. The van der Waals surface area contributed by atoms with Gasteiger partial charge in [-0.05, 0) is 42.5 Å². The Morgan fingerprint density at radius 2 is 1.93 bits per heavy atom. The van der Waals surface area contributed by atoms with Gasteiger partial charge in [0.1, 0.15) is 0 Å². The molecule has 0 N–H and O–H groups in total. The maximum absolute atomic E-state index is 12.5. The van der Waals surface area contributed by atoms with E-state index in [0.717, 1.165) is 37.2 Å². The summed E-state index contributed by atoms with van der Waals surface area (Å²) in [5, 5.41) is 0. The summed E-state index contributed by atoms with van der Waals surface area (Å²) in [6, 6.07) is 5.71. The quantitative estimate of drug-likeness (QED) is 0.670. The first-order valence-corrected chi connectivity index (χ1v) is 10.1. The zero-order valence-electron chi connectivity index (χ0n) is 17.1. The monoisotopic (exact) mass is 389 g/mol. The predicted molar refractivity (Wildman–Crippen MR) is 107 cm³/mol. The van der Waals surface area contributed by atoms with E-state index in [1.54, 1.807) is 13.2 Å². The van der Waals surface area contributed by atoms with Crippen molar-refractivity contribution < 1.29 is 23.7 Å². The molecule has 0 bridgehead atoms. The average Bonchev–Trinajstić information content (AvgIpc) is 3.25. The van der Waals surface area contributed by atoms with Crippen LogP contribution in [-0.4, -0.2) is 57.1 Å². The second-order valence-electron chi connectivity index (χ2n) is 7.72. The van der Waals surface area contributed by atoms with Gasteiger partial charge in [0.15, 0.2) is 17.8 Å². The summed E-state index contributed by atoms with van der Waals surface area (Å²) in [4.78, 5) is 14.4. The number of rotatable bonds is 7. The highest BCUT2D eigenvalue weighted by Crippen LogP contribution is 2.29. The SMILES string of the molecule is COc1cc(/C=C/C(=O)N2CCC(C3OCCO3)CC2)ccc1OCC(C)C. The van der Waals surface area contributed by atoms with E-state index in [1.165, 1.54) is 0 Å². The van der Waals surface area contributed by atoms with Crippen LogP contribution in [0, 0.1) is 11.8 Å². The van der Waals surface area contributed by atoms with Crippen LogP contribution in [0.25, 0.3) is 6.08 Å². The Hall–Kier alpha value is -2.05. The van der Waals surface area contributed by atoms with Crippen LogP contribution in [0.5, 0.6) is 11.5 Å². The molecule has 2 fully saturated rings. The lowest BCUT2D eigenvalue weighted by molar-refractivity contribution is -0.131. The van der Waals surface area contributed by atoms with Crippen LogP contribution in [0.1, 0.15) is 32.3 Å². The number of piperidine rings is 1. The van der Waals surface area contributed by atoms with Gasteiger partial charge in [-0.3, -0.25) is 4.79 Å². The number of nitrogens with zero attached hydrogens (tertiary/aromatic N) is 1. The normalized spacial score (nSPS) is 18.9. The first kappa shape index (κ1) is 20.7. The fourth-order valence-corrected chi connectivity index (χ4v) is 3.48. The molecule has 154 valence electrons. The third-order valence-electron chi connectivity index (χ3n) is 5.06. The highest BCUT2D eigenvalue weighted by Gasteiger charge is 2.31. The molecule has 3 rings (SSSR count). The summed E-state index contributed by atoms with van der Waals surface area (Å²) in [7, 11) is 1.62. The van der Waals surface area contributed by atoms with E-state index in [1.807, 2.05) is 29.2 Å². The summed E-state index contributed by atoms with van der Waals surface area (Å²) in [6.45, 7) is 7.67. The number of carbonyl (C=O) groups excluding carboxylic acids is 1. The Labute approximate surface area is 167 Å². The van der Waals surface area contributed by atoms with E-state index in [2.05, 4.69) is 13.8 Å². The number of likely N-dealkylation sites (tertiary alicyclic amines) is 1. The third-order valence-corrected chi connectivity index (χ3v) is 5.06. The minimum atomic E-state index is -0.0864. The van der Waals surface area contributed by atoms with Crippen LogP contribution in [0.4, 0.5) is 0 Å². The van der Waals surface area contributed by atoms with Crippen molar-refractivity contribution in [2.75, 3.05) is 40.0 Å². The van der Waals surface area contributed by atoms with Crippen molar-refractivity contribution in [3.8, 4) is 11.5 Å². The second-order valence-corrected chi connectivity index (χ2v) is 7.72. The van der Waals surface area contributed by atoms with E-state index < -0.39 is 0 Å². The number of benzene rings is 1. The lowest BCUT2D eigenvalue weighted by Gasteiger charge is -2.33. The summed E-state index contributed by atoms with van der Waals surface area (Å²) in [5.41, 5.74) is 0.907. The largest absolute Gasteiger partial charge is 0.493 e. The number of hydrogen-bond acceptors (Lipinski definition) is 5. The highest BCUT2D eigenvalue weighted by atomic mass is 16.7. The van der Waals surface area contributed by atoms with E-state index in [-0.39, 0.29) is 12.2 Å². The molecule has 0 unspecified atom stereocenters. The van der Waals surface area contributed by atoms with Gasteiger partial charge in [-0.15, -0.1) is 0 Å². The molecule has 28 heavy (non-hydrogen) atoms. The molecule has 1 aromatic carbocycles. The fraction of sp³-hybridized carbons (Fsp3) is 0.591. The van der Waals surface area contributed by atoms with Gasteiger partial charge < -0.3 is 23.8 Å². The summed E-state index contributed by atoms with van der Waals surface area (Å²) < 4.78 is 22.4. The standard InChI is InChI=1S/C22H31NO5/c1-16(2)15-28-19-6-4-17(14-20(19)25-3)5-7-21(24)23-10-8-18(9-11-23)22-26-12-13-27-22/h4-7,14,16,18,22H,8-13,15H2,1-3H3/b7-5+. The Morgan fingerprint density at radius 1 is 1.21 bits per heavy atom. The van der Waals surface area contributed by atoms with Gasteiger partial charge in [-0.25, -0.2) is 0 Å². The number of ether oxygens (including phenoxy) is 4. The molecule has 0 saturated carbocycles. The summed E-state index contributed by atoms with van der Waals surface area (Å²) >= 11 is 0. The Kier molecular flexibility index (Phi) is 7.34. The van der Waals surface area contributed by atoms with Crippen molar-refractivity contribution in [1.82, 2.24) is 4.90 Å². The van der Waals surface area contributed by atoms with Crippen molar-refractivity contribution in [2.45, 2.75) is 33.0 Å². The van der Waals surface area contributed by atoms with Crippen molar-refractivity contribution in [2.24, 2.45) is 11.8 Å². The number of hydrogen-bond donors (Lipinski definition) is 0. The maximum atomic E-state index is 12.5. The minimum Gasteiger partial charge on any atom is -0.493 e. The molecule has 1 aromatic rings. The molecular formula is C22H31NO5. The van der Waals surface area contributed by atoms with E-state index in [0.29, 0.717) is 37.4 Å². The number of carbonyl (C=O) groups is 1.